The van der Waals surface area contributed by atoms with Crippen molar-refractivity contribution in [2.24, 2.45) is 11.8 Å². The highest BCUT2D eigenvalue weighted by Crippen LogP contribution is 2.45. The summed E-state index contributed by atoms with van der Waals surface area (Å²) in [4.78, 5) is 72.5. The van der Waals surface area contributed by atoms with Gasteiger partial charge in [-0.1, -0.05) is 284 Å². The van der Waals surface area contributed by atoms with Gasteiger partial charge in [-0.05, 0) is 63.2 Å². The molecule has 0 aliphatic heterocycles. The summed E-state index contributed by atoms with van der Waals surface area (Å²) in [6.07, 6.45) is 50.8. The fourth-order valence-electron chi connectivity index (χ4n) is 10.2. The van der Waals surface area contributed by atoms with Crippen LogP contribution in [0.5, 0.6) is 0 Å². The Kier molecular flexibility index (Phi) is 60.9. The average Bonchev–Trinajstić information content (AvgIpc) is 3.71. The van der Waals surface area contributed by atoms with Crippen molar-refractivity contribution < 1.29 is 80.2 Å². The summed E-state index contributed by atoms with van der Waals surface area (Å²) < 4.78 is 68.3. The maximum atomic E-state index is 13.0. The van der Waals surface area contributed by atoms with Crippen molar-refractivity contribution in [2.45, 2.75) is 355 Å². The molecule has 0 bridgehead atoms. The number of aliphatic hydroxyl groups is 1. The quantitative estimate of drug-likeness (QED) is 0.0169. The van der Waals surface area contributed by atoms with Crippen LogP contribution in [0.3, 0.4) is 0 Å². The monoisotopic (exact) mass is 1320 g/mol. The second kappa shape index (κ2) is 62.6. The van der Waals surface area contributed by atoms with E-state index < -0.39 is 97.5 Å². The first-order chi connectivity index (χ1) is 43.4. The van der Waals surface area contributed by atoms with Crippen molar-refractivity contribution >= 4 is 39.5 Å². The normalized spacial score (nSPS) is 14.6. The summed E-state index contributed by atoms with van der Waals surface area (Å²) >= 11 is 0. The summed E-state index contributed by atoms with van der Waals surface area (Å²) in [7, 11) is -9.91. The molecule has 90 heavy (non-hydrogen) atoms. The highest BCUT2D eigenvalue weighted by molar-refractivity contribution is 7.47. The van der Waals surface area contributed by atoms with Gasteiger partial charge in [0.05, 0.1) is 26.4 Å². The van der Waals surface area contributed by atoms with Gasteiger partial charge < -0.3 is 33.8 Å². The number of carbonyl (C=O) groups is 4. The highest BCUT2D eigenvalue weighted by atomic mass is 31.2. The molecule has 0 amide bonds. The predicted octanol–water partition coefficient (Wildman–Crippen LogP) is 19.9. The van der Waals surface area contributed by atoms with E-state index in [1.54, 1.807) is 0 Å². The van der Waals surface area contributed by atoms with Crippen molar-refractivity contribution in [1.82, 2.24) is 0 Å². The summed E-state index contributed by atoms with van der Waals surface area (Å²) in [5.41, 5.74) is 0. The first-order valence-corrected chi connectivity index (χ1v) is 39.3. The second-order valence-electron chi connectivity index (χ2n) is 25.7. The molecule has 3 N–H and O–H groups in total. The minimum Gasteiger partial charge on any atom is -0.462 e. The van der Waals surface area contributed by atoms with E-state index in [0.717, 1.165) is 115 Å². The Labute approximate surface area is 548 Å². The number of hydrogen-bond donors (Lipinski definition) is 3. The maximum Gasteiger partial charge on any atom is 0.472 e. The smallest absolute Gasteiger partial charge is 0.462 e. The number of esters is 4. The van der Waals surface area contributed by atoms with Gasteiger partial charge in [0.2, 0.25) is 0 Å². The molecule has 0 aromatic heterocycles. The van der Waals surface area contributed by atoms with Gasteiger partial charge >= 0.3 is 39.5 Å². The van der Waals surface area contributed by atoms with Gasteiger partial charge in [0, 0.05) is 25.7 Å². The standard InChI is InChI=1S/C71H134O17P2/c1-7-10-12-14-16-18-20-22-24-26-28-30-35-43-49-55-70(75)87-66(59-81-68(73)53-47-41-34-29-27-25-23-21-19-17-15-13-11-8-2)61-85-89(77,78)83-57-65(72)58-84-90(79,80)86-62-67(60-82-69(74)54-48-42-38-37-40-46-52-64(6)9-3)88-71(76)56-50-44-36-32-31-33-39-45-51-63(4)5/h18,20,22,24,63-67,72H,7-17,19,21,23,25-62H2,1-6H3,(H,77,78)(H,79,80)/b20-18-,24-22-/t64?,65-,66-,67-/m1/s1. The number of unbranched alkanes of at least 4 members (excludes halogenated alkanes) is 34. The number of aliphatic hydroxyl groups excluding tert-OH is 1. The van der Waals surface area contributed by atoms with E-state index >= 15 is 0 Å². The van der Waals surface area contributed by atoms with Gasteiger partial charge in [-0.2, -0.15) is 0 Å². The molecule has 0 saturated carbocycles. The largest absolute Gasteiger partial charge is 0.472 e. The fraction of sp³-hybridized carbons (Fsp3) is 0.887. The lowest BCUT2D eigenvalue weighted by atomic mass is 10.00. The number of carbonyl (C=O) groups excluding carboxylic acids is 4. The third-order valence-corrected chi connectivity index (χ3v) is 18.1. The number of allylic oxidation sites excluding steroid dienone is 4. The van der Waals surface area contributed by atoms with Gasteiger partial charge in [-0.25, -0.2) is 9.13 Å². The van der Waals surface area contributed by atoms with Crippen LogP contribution in [0.15, 0.2) is 24.3 Å². The van der Waals surface area contributed by atoms with E-state index in [2.05, 4.69) is 65.8 Å². The molecule has 6 atom stereocenters. The Morgan fingerprint density at radius 1 is 0.367 bits per heavy atom. The lowest BCUT2D eigenvalue weighted by Gasteiger charge is -2.21. The van der Waals surface area contributed by atoms with Gasteiger partial charge in [0.1, 0.15) is 19.3 Å². The summed E-state index contributed by atoms with van der Waals surface area (Å²) in [6.45, 7) is 9.40. The van der Waals surface area contributed by atoms with E-state index in [-0.39, 0.29) is 25.7 Å². The Balaban J connectivity index is 5.29. The number of rotatable bonds is 68. The zero-order valence-electron chi connectivity index (χ0n) is 57.9. The molecule has 0 heterocycles. The molecule has 0 aromatic carbocycles. The third-order valence-electron chi connectivity index (χ3n) is 16.2. The molecule has 17 nitrogen and oxygen atoms in total. The predicted molar refractivity (Wildman–Crippen MR) is 363 cm³/mol. The molecular formula is C71H134O17P2. The molecule has 19 heteroatoms. The number of ether oxygens (including phenoxy) is 4. The van der Waals surface area contributed by atoms with E-state index in [4.69, 9.17) is 37.0 Å². The number of phosphoric ester groups is 2. The summed E-state index contributed by atoms with van der Waals surface area (Å²) in [5, 5.41) is 10.6. The minimum atomic E-state index is -4.96. The van der Waals surface area contributed by atoms with Crippen LogP contribution in [-0.4, -0.2) is 96.7 Å². The fourth-order valence-corrected chi connectivity index (χ4v) is 11.8. The lowest BCUT2D eigenvalue weighted by molar-refractivity contribution is -0.161. The van der Waals surface area contributed by atoms with Crippen LogP contribution < -0.4 is 0 Å². The topological polar surface area (TPSA) is 237 Å². The van der Waals surface area contributed by atoms with Crippen molar-refractivity contribution in [2.75, 3.05) is 39.6 Å². The van der Waals surface area contributed by atoms with Crippen LogP contribution >= 0.6 is 15.6 Å². The number of hydrogen-bond acceptors (Lipinski definition) is 15. The molecule has 3 unspecified atom stereocenters. The van der Waals surface area contributed by atoms with Crippen molar-refractivity contribution in [1.29, 1.82) is 0 Å². The zero-order valence-corrected chi connectivity index (χ0v) is 59.7. The maximum absolute atomic E-state index is 13.0. The molecule has 0 fully saturated rings. The van der Waals surface area contributed by atoms with Crippen LogP contribution in [0, 0.1) is 11.8 Å². The van der Waals surface area contributed by atoms with E-state index in [1.165, 1.54) is 135 Å². The van der Waals surface area contributed by atoms with Crippen LogP contribution in [0.4, 0.5) is 0 Å². The van der Waals surface area contributed by atoms with Gasteiger partial charge in [-0.15, -0.1) is 0 Å². The Hall–Kier alpha value is -2.46. The third kappa shape index (κ3) is 63.0. The molecule has 0 rings (SSSR count). The van der Waals surface area contributed by atoms with Crippen LogP contribution in [0.25, 0.3) is 0 Å². The van der Waals surface area contributed by atoms with Crippen molar-refractivity contribution in [3.05, 3.63) is 24.3 Å². The van der Waals surface area contributed by atoms with Crippen LogP contribution in [0.2, 0.25) is 0 Å². The van der Waals surface area contributed by atoms with Crippen molar-refractivity contribution in [3.8, 4) is 0 Å². The van der Waals surface area contributed by atoms with Crippen LogP contribution in [0.1, 0.15) is 337 Å². The van der Waals surface area contributed by atoms with Gasteiger partial charge in [0.15, 0.2) is 12.2 Å². The SMILES string of the molecule is CCCCCC/C=C\C=C/CCCCCCCC(=O)O[C@H](COC(=O)CCCCCCCCCCCCCCCC)COP(=O)(O)OC[C@@H](O)COP(=O)(O)OC[C@@H](COC(=O)CCCCCCCCC(C)CC)OC(=O)CCCCCCCCCCC(C)C. The molecule has 0 saturated heterocycles. The average molecular weight is 1320 g/mol. The zero-order chi connectivity index (χ0) is 66.5. The van der Waals surface area contributed by atoms with E-state index in [9.17, 15) is 43.2 Å². The molecular weight excluding hydrogens is 1190 g/mol. The first kappa shape index (κ1) is 87.5. The summed E-state index contributed by atoms with van der Waals surface area (Å²) in [6, 6.07) is 0. The Morgan fingerprint density at radius 3 is 1.00 bits per heavy atom. The van der Waals surface area contributed by atoms with E-state index in [1.807, 2.05) is 0 Å². The van der Waals surface area contributed by atoms with Crippen molar-refractivity contribution in [3.63, 3.8) is 0 Å². The van der Waals surface area contributed by atoms with E-state index in [0.29, 0.717) is 31.6 Å². The summed E-state index contributed by atoms with van der Waals surface area (Å²) in [5.74, 6) is -0.710. The van der Waals surface area contributed by atoms with Gasteiger partial charge in [-0.3, -0.25) is 37.3 Å². The molecule has 0 radical (unpaired) electrons. The molecule has 530 valence electrons. The molecule has 0 spiro atoms. The second-order valence-corrected chi connectivity index (χ2v) is 28.6. The van der Waals surface area contributed by atoms with Gasteiger partial charge in [0.25, 0.3) is 0 Å². The lowest BCUT2D eigenvalue weighted by Crippen LogP contribution is -2.30. The molecule has 0 aliphatic carbocycles. The highest BCUT2D eigenvalue weighted by Gasteiger charge is 2.30. The first-order valence-electron chi connectivity index (χ1n) is 36.3. The van der Waals surface area contributed by atoms with Crippen LogP contribution in [-0.2, 0) is 65.4 Å². The minimum absolute atomic E-state index is 0.0851. The molecule has 0 aliphatic rings. The Morgan fingerprint density at radius 2 is 0.656 bits per heavy atom. The number of phosphoric acid groups is 2. The Bertz CT molecular complexity index is 1850. The molecule has 0 aromatic rings.